The van der Waals surface area contributed by atoms with Crippen LogP contribution in [0.15, 0.2) is 0 Å². The van der Waals surface area contributed by atoms with Crippen LogP contribution < -0.4 is 5.32 Å². The summed E-state index contributed by atoms with van der Waals surface area (Å²) in [5, 5.41) is 11.8. The maximum Gasteiger partial charge on any atom is 0.222 e. The number of hydrogen-bond acceptors (Lipinski definition) is 3. The van der Waals surface area contributed by atoms with Crippen molar-refractivity contribution in [1.29, 1.82) is 0 Å². The Bertz CT molecular complexity index is 290. The van der Waals surface area contributed by atoms with E-state index in [1.807, 2.05) is 4.90 Å². The third kappa shape index (κ3) is 6.05. The van der Waals surface area contributed by atoms with Gasteiger partial charge in [0.25, 0.3) is 0 Å². The number of hydrogen-bond donors (Lipinski definition) is 2. The zero-order chi connectivity index (χ0) is 14.1. The molecule has 0 aromatic carbocycles. The molecule has 19 heavy (non-hydrogen) atoms. The van der Waals surface area contributed by atoms with Crippen LogP contribution in [0, 0.1) is 0 Å². The summed E-state index contributed by atoms with van der Waals surface area (Å²) in [5.41, 5.74) is 0. The summed E-state index contributed by atoms with van der Waals surface area (Å²) >= 11 is 0. The molecule has 1 aliphatic carbocycles. The van der Waals surface area contributed by atoms with Gasteiger partial charge in [-0.15, -0.1) is 0 Å². The quantitative estimate of drug-likeness (QED) is 0.615. The molecule has 1 saturated carbocycles. The highest BCUT2D eigenvalue weighted by atomic mass is 16.3. The van der Waals surface area contributed by atoms with E-state index in [-0.39, 0.29) is 18.4 Å². The van der Waals surface area contributed by atoms with E-state index >= 15 is 0 Å². The monoisotopic (exact) mass is 270 g/mol. The molecule has 1 rings (SSSR count). The molecule has 0 saturated heterocycles. The number of carbonyl (C=O) groups excluding carboxylic acids is 2. The molecule has 0 radical (unpaired) electrons. The van der Waals surface area contributed by atoms with E-state index in [0.29, 0.717) is 25.6 Å². The lowest BCUT2D eigenvalue weighted by atomic mass is 9.91. The molecule has 110 valence electrons. The molecule has 2 amide bonds. The van der Waals surface area contributed by atoms with Crippen molar-refractivity contribution in [2.75, 3.05) is 19.7 Å². The van der Waals surface area contributed by atoms with Crippen LogP contribution in [0.4, 0.5) is 0 Å². The van der Waals surface area contributed by atoms with Crippen LogP contribution in [-0.2, 0) is 9.59 Å². The Balaban J connectivity index is 2.12. The first-order chi connectivity index (χ1) is 9.15. The molecule has 0 atom stereocenters. The van der Waals surface area contributed by atoms with Gasteiger partial charge in [-0.2, -0.15) is 0 Å². The Kier molecular flexibility index (Phi) is 7.48. The second-order valence-electron chi connectivity index (χ2n) is 5.19. The summed E-state index contributed by atoms with van der Waals surface area (Å²) in [4.78, 5) is 24.6. The number of carbonyl (C=O) groups is 2. The molecule has 5 heteroatoms. The van der Waals surface area contributed by atoms with Gasteiger partial charge < -0.3 is 15.3 Å². The van der Waals surface area contributed by atoms with E-state index in [4.69, 9.17) is 5.11 Å². The lowest BCUT2D eigenvalue weighted by Crippen LogP contribution is -2.45. The highest BCUT2D eigenvalue weighted by molar-refractivity contribution is 5.76. The van der Waals surface area contributed by atoms with Gasteiger partial charge in [0.15, 0.2) is 0 Å². The van der Waals surface area contributed by atoms with Crippen LogP contribution in [0.25, 0.3) is 0 Å². The van der Waals surface area contributed by atoms with Crippen LogP contribution in [0.2, 0.25) is 0 Å². The van der Waals surface area contributed by atoms with Crippen molar-refractivity contribution in [3.05, 3.63) is 0 Å². The molecular weight excluding hydrogens is 244 g/mol. The van der Waals surface area contributed by atoms with Crippen molar-refractivity contribution in [3.8, 4) is 0 Å². The largest absolute Gasteiger partial charge is 0.395 e. The summed E-state index contributed by atoms with van der Waals surface area (Å²) in [6, 6.07) is 0.360. The number of nitrogens with zero attached hydrogens (tertiary/aromatic N) is 1. The maximum absolute atomic E-state index is 12.1. The fourth-order valence-corrected chi connectivity index (χ4v) is 2.30. The predicted molar refractivity (Wildman–Crippen MR) is 73.6 cm³/mol. The number of amides is 2. The van der Waals surface area contributed by atoms with Gasteiger partial charge in [-0.1, -0.05) is 6.42 Å². The van der Waals surface area contributed by atoms with Gasteiger partial charge in [-0.25, -0.2) is 0 Å². The van der Waals surface area contributed by atoms with E-state index in [0.717, 1.165) is 32.1 Å². The Hall–Kier alpha value is -1.10. The predicted octanol–water partition coefficient (Wildman–Crippen LogP) is 1.06. The van der Waals surface area contributed by atoms with Gasteiger partial charge in [-0.05, 0) is 32.1 Å². The zero-order valence-corrected chi connectivity index (χ0v) is 11.9. The van der Waals surface area contributed by atoms with Gasteiger partial charge in [-0.3, -0.25) is 9.59 Å². The standard InChI is InChI=1S/C14H26N2O3/c1-12(18)15-9-4-2-3-8-14(19)16(10-11-17)13-6-5-7-13/h13,17H,2-11H2,1H3,(H,15,18). The molecule has 0 bridgehead atoms. The number of rotatable bonds is 9. The van der Waals surface area contributed by atoms with Crippen LogP contribution >= 0.6 is 0 Å². The highest BCUT2D eigenvalue weighted by Crippen LogP contribution is 2.25. The van der Waals surface area contributed by atoms with Gasteiger partial charge in [0.2, 0.25) is 11.8 Å². The van der Waals surface area contributed by atoms with Crippen molar-refractivity contribution in [2.45, 2.75) is 57.9 Å². The average molecular weight is 270 g/mol. The van der Waals surface area contributed by atoms with Crippen LogP contribution in [-0.4, -0.2) is 47.6 Å². The minimum absolute atomic E-state index is 0.00446. The number of nitrogens with one attached hydrogen (secondary N) is 1. The van der Waals surface area contributed by atoms with Crippen LogP contribution in [0.3, 0.4) is 0 Å². The van der Waals surface area contributed by atoms with Crippen molar-refractivity contribution >= 4 is 11.8 Å². The molecular formula is C14H26N2O3. The Labute approximate surface area is 115 Å². The Morgan fingerprint density at radius 3 is 2.53 bits per heavy atom. The van der Waals surface area contributed by atoms with E-state index in [9.17, 15) is 9.59 Å². The maximum atomic E-state index is 12.1. The van der Waals surface area contributed by atoms with Gasteiger partial charge >= 0.3 is 0 Å². The molecule has 0 aliphatic heterocycles. The molecule has 0 unspecified atom stereocenters. The third-order valence-corrected chi connectivity index (χ3v) is 3.62. The third-order valence-electron chi connectivity index (χ3n) is 3.62. The molecule has 1 aliphatic rings. The Morgan fingerprint density at radius 1 is 1.26 bits per heavy atom. The average Bonchev–Trinajstić information content (AvgIpc) is 2.30. The van der Waals surface area contributed by atoms with E-state index < -0.39 is 0 Å². The highest BCUT2D eigenvalue weighted by Gasteiger charge is 2.27. The fraction of sp³-hybridized carbons (Fsp3) is 0.857. The first-order valence-electron chi connectivity index (χ1n) is 7.30. The summed E-state index contributed by atoms with van der Waals surface area (Å²) in [6.45, 7) is 2.71. The smallest absolute Gasteiger partial charge is 0.222 e. The van der Waals surface area contributed by atoms with Crippen molar-refractivity contribution < 1.29 is 14.7 Å². The second-order valence-corrected chi connectivity index (χ2v) is 5.19. The van der Waals surface area contributed by atoms with Crippen LogP contribution in [0.1, 0.15) is 51.9 Å². The molecule has 5 nitrogen and oxygen atoms in total. The summed E-state index contributed by atoms with van der Waals surface area (Å²) in [7, 11) is 0. The van der Waals surface area contributed by atoms with Crippen molar-refractivity contribution in [1.82, 2.24) is 10.2 Å². The minimum Gasteiger partial charge on any atom is -0.395 e. The molecule has 0 spiro atoms. The molecule has 2 N–H and O–H groups in total. The SMILES string of the molecule is CC(=O)NCCCCCC(=O)N(CCO)C1CCC1. The van der Waals surface area contributed by atoms with Crippen LogP contribution in [0.5, 0.6) is 0 Å². The number of aliphatic hydroxyl groups excluding tert-OH is 1. The first-order valence-corrected chi connectivity index (χ1v) is 7.30. The number of unbranched alkanes of at least 4 members (excludes halogenated alkanes) is 2. The topological polar surface area (TPSA) is 69.6 Å². The molecule has 0 heterocycles. The Morgan fingerprint density at radius 2 is 2.00 bits per heavy atom. The van der Waals surface area contributed by atoms with Gasteiger partial charge in [0.05, 0.1) is 6.61 Å². The number of aliphatic hydroxyl groups is 1. The second kappa shape index (κ2) is 8.91. The minimum atomic E-state index is -0.00446. The van der Waals surface area contributed by atoms with Gasteiger partial charge in [0, 0.05) is 32.5 Å². The lowest BCUT2D eigenvalue weighted by Gasteiger charge is -2.37. The summed E-state index contributed by atoms with van der Waals surface area (Å²) in [6.07, 6.45) is 6.61. The zero-order valence-electron chi connectivity index (χ0n) is 11.9. The molecule has 0 aromatic rings. The van der Waals surface area contributed by atoms with E-state index in [2.05, 4.69) is 5.32 Å². The normalized spacial score (nSPS) is 14.8. The van der Waals surface area contributed by atoms with Crippen molar-refractivity contribution in [3.63, 3.8) is 0 Å². The first kappa shape index (κ1) is 16.0. The summed E-state index contributed by atoms with van der Waals surface area (Å²) < 4.78 is 0. The summed E-state index contributed by atoms with van der Waals surface area (Å²) in [5.74, 6) is 0.161. The molecule has 1 fully saturated rings. The van der Waals surface area contributed by atoms with E-state index in [1.54, 1.807) is 0 Å². The van der Waals surface area contributed by atoms with Gasteiger partial charge in [0.1, 0.15) is 0 Å². The van der Waals surface area contributed by atoms with E-state index in [1.165, 1.54) is 13.3 Å². The lowest BCUT2D eigenvalue weighted by molar-refractivity contribution is -0.136. The molecule has 0 aromatic heterocycles. The fourth-order valence-electron chi connectivity index (χ4n) is 2.30. The van der Waals surface area contributed by atoms with Crippen molar-refractivity contribution in [2.24, 2.45) is 0 Å².